The van der Waals surface area contributed by atoms with Gasteiger partial charge in [0.25, 0.3) is 0 Å². The molecule has 3 atom stereocenters. The summed E-state index contributed by atoms with van der Waals surface area (Å²) in [5, 5.41) is 8.87. The molecule has 0 spiro atoms. The number of methoxy groups -OCH3 is 1. The maximum Gasteiger partial charge on any atom is 0.338 e. The van der Waals surface area contributed by atoms with Crippen molar-refractivity contribution in [2.24, 2.45) is 0 Å². The molecule has 7 heteroatoms. The van der Waals surface area contributed by atoms with E-state index in [1.165, 1.54) is 7.11 Å². The molecule has 0 aromatic rings. The minimum atomic E-state index is -1.12. The molecule has 0 saturated carbocycles. The van der Waals surface area contributed by atoms with Crippen LogP contribution in [0.3, 0.4) is 0 Å². The van der Waals surface area contributed by atoms with Gasteiger partial charge in [-0.15, -0.1) is 0 Å². The topological polar surface area (TPSA) is 102 Å². The predicted molar refractivity (Wildman–Crippen MR) is 113 cm³/mol. The SMILES string of the molecule is CCCCCCC(CC=CCCCCCCCC(=O)OC)OC(=O)C1OC1C(=O)O. The Hall–Kier alpha value is -1.89. The highest BCUT2D eigenvalue weighted by molar-refractivity contribution is 5.89. The molecule has 0 aromatic carbocycles. The summed E-state index contributed by atoms with van der Waals surface area (Å²) >= 11 is 0. The molecule has 1 rings (SSSR count). The zero-order chi connectivity index (χ0) is 22.2. The van der Waals surface area contributed by atoms with Gasteiger partial charge < -0.3 is 19.3 Å². The Morgan fingerprint density at radius 3 is 2.33 bits per heavy atom. The third-order valence-corrected chi connectivity index (χ3v) is 5.17. The zero-order valence-corrected chi connectivity index (χ0v) is 18.5. The van der Waals surface area contributed by atoms with Crippen LogP contribution in [0.15, 0.2) is 12.2 Å². The number of epoxide rings is 1. The van der Waals surface area contributed by atoms with Crippen LogP contribution in [0.5, 0.6) is 0 Å². The summed E-state index contributed by atoms with van der Waals surface area (Å²) in [5.41, 5.74) is 0. The number of carboxylic acid groups (broad SMARTS) is 1. The van der Waals surface area contributed by atoms with Crippen LogP contribution in [0.4, 0.5) is 0 Å². The van der Waals surface area contributed by atoms with Gasteiger partial charge in [0, 0.05) is 12.8 Å². The Bertz CT molecular complexity index is 544. The highest BCUT2D eigenvalue weighted by Crippen LogP contribution is 2.25. The van der Waals surface area contributed by atoms with Crippen LogP contribution in [0.25, 0.3) is 0 Å². The van der Waals surface area contributed by atoms with Gasteiger partial charge in [0.1, 0.15) is 6.10 Å². The van der Waals surface area contributed by atoms with E-state index in [2.05, 4.69) is 23.8 Å². The summed E-state index contributed by atoms with van der Waals surface area (Å²) in [6.07, 6.45) is 14.4. The van der Waals surface area contributed by atoms with Gasteiger partial charge in [-0.05, 0) is 32.1 Å². The van der Waals surface area contributed by atoms with Crippen molar-refractivity contribution in [3.05, 3.63) is 12.2 Å². The van der Waals surface area contributed by atoms with E-state index in [1.807, 2.05) is 0 Å². The minimum Gasteiger partial charge on any atom is -0.479 e. The van der Waals surface area contributed by atoms with Gasteiger partial charge in [0.15, 0.2) is 12.2 Å². The van der Waals surface area contributed by atoms with E-state index in [0.29, 0.717) is 12.8 Å². The number of carboxylic acids is 1. The van der Waals surface area contributed by atoms with Crippen LogP contribution in [-0.4, -0.2) is 48.4 Å². The first kappa shape index (κ1) is 26.1. The number of carbonyl (C=O) groups is 3. The Morgan fingerprint density at radius 1 is 0.967 bits per heavy atom. The maximum absolute atomic E-state index is 12.1. The second kappa shape index (κ2) is 15.9. The van der Waals surface area contributed by atoms with E-state index in [0.717, 1.165) is 70.6 Å². The van der Waals surface area contributed by atoms with Crippen molar-refractivity contribution in [1.82, 2.24) is 0 Å². The summed E-state index contributed by atoms with van der Waals surface area (Å²) in [6.45, 7) is 2.15. The molecular weight excluding hydrogens is 388 g/mol. The molecular formula is C23H38O7. The molecule has 1 aliphatic rings. The first-order valence-corrected chi connectivity index (χ1v) is 11.3. The number of hydrogen-bond acceptors (Lipinski definition) is 6. The first-order valence-electron chi connectivity index (χ1n) is 11.3. The van der Waals surface area contributed by atoms with Crippen molar-refractivity contribution in [2.75, 3.05) is 7.11 Å². The lowest BCUT2D eigenvalue weighted by molar-refractivity contribution is -0.151. The number of carbonyl (C=O) groups excluding carboxylic acids is 2. The average molecular weight is 427 g/mol. The van der Waals surface area contributed by atoms with Crippen molar-refractivity contribution in [3.8, 4) is 0 Å². The number of hydrogen-bond donors (Lipinski definition) is 1. The summed E-state index contributed by atoms with van der Waals surface area (Å²) in [4.78, 5) is 33.9. The van der Waals surface area contributed by atoms with Gasteiger partial charge in [0.2, 0.25) is 0 Å². The molecule has 172 valence electrons. The van der Waals surface area contributed by atoms with Crippen LogP contribution < -0.4 is 0 Å². The van der Waals surface area contributed by atoms with Crippen LogP contribution in [0, 0.1) is 0 Å². The predicted octanol–water partition coefficient (Wildman–Crippen LogP) is 4.57. The molecule has 1 N–H and O–H groups in total. The highest BCUT2D eigenvalue weighted by Gasteiger charge is 2.52. The first-order chi connectivity index (χ1) is 14.5. The van der Waals surface area contributed by atoms with Crippen LogP contribution in [0.1, 0.15) is 90.4 Å². The fourth-order valence-electron chi connectivity index (χ4n) is 3.26. The zero-order valence-electron chi connectivity index (χ0n) is 18.5. The van der Waals surface area contributed by atoms with Crippen LogP contribution >= 0.6 is 0 Å². The number of aliphatic carboxylic acids is 1. The second-order valence-corrected chi connectivity index (χ2v) is 7.81. The Balaban J connectivity index is 2.22. The fourth-order valence-corrected chi connectivity index (χ4v) is 3.26. The molecule has 1 saturated heterocycles. The average Bonchev–Trinajstić information content (AvgIpc) is 3.53. The quantitative estimate of drug-likeness (QED) is 0.148. The molecule has 1 aliphatic heterocycles. The van der Waals surface area contributed by atoms with E-state index < -0.39 is 24.1 Å². The number of ether oxygens (including phenoxy) is 3. The molecule has 0 aliphatic carbocycles. The largest absolute Gasteiger partial charge is 0.479 e. The van der Waals surface area contributed by atoms with Crippen molar-refractivity contribution < 1.29 is 33.7 Å². The van der Waals surface area contributed by atoms with Crippen molar-refractivity contribution in [1.29, 1.82) is 0 Å². The molecule has 0 amide bonds. The highest BCUT2D eigenvalue weighted by atomic mass is 16.7. The van der Waals surface area contributed by atoms with Gasteiger partial charge in [-0.1, -0.05) is 57.6 Å². The molecule has 0 bridgehead atoms. The molecule has 1 heterocycles. The molecule has 3 unspecified atom stereocenters. The van der Waals surface area contributed by atoms with Crippen molar-refractivity contribution in [3.63, 3.8) is 0 Å². The van der Waals surface area contributed by atoms with Gasteiger partial charge in [0.05, 0.1) is 7.11 Å². The monoisotopic (exact) mass is 426 g/mol. The summed E-state index contributed by atoms with van der Waals surface area (Å²) < 4.78 is 15.0. The third-order valence-electron chi connectivity index (χ3n) is 5.17. The lowest BCUT2D eigenvalue weighted by atomic mass is 10.1. The van der Waals surface area contributed by atoms with Gasteiger partial charge in [-0.25, -0.2) is 9.59 Å². The van der Waals surface area contributed by atoms with Gasteiger partial charge in [-0.3, -0.25) is 4.79 Å². The summed E-state index contributed by atoms with van der Waals surface area (Å²) in [6, 6.07) is 0. The maximum atomic E-state index is 12.1. The summed E-state index contributed by atoms with van der Waals surface area (Å²) in [7, 11) is 1.41. The molecule has 0 radical (unpaired) electrons. The Kier molecular flexibility index (Phi) is 13.8. The number of unbranched alkanes of at least 4 members (excludes halogenated alkanes) is 8. The normalized spacial score (nSPS) is 18.9. The smallest absolute Gasteiger partial charge is 0.338 e. The third kappa shape index (κ3) is 12.0. The molecule has 1 fully saturated rings. The van der Waals surface area contributed by atoms with E-state index >= 15 is 0 Å². The lowest BCUT2D eigenvalue weighted by Crippen LogP contribution is -2.24. The Morgan fingerprint density at radius 2 is 1.67 bits per heavy atom. The molecule has 7 nitrogen and oxygen atoms in total. The van der Waals surface area contributed by atoms with E-state index in [1.54, 1.807) is 0 Å². The van der Waals surface area contributed by atoms with Gasteiger partial charge >= 0.3 is 17.9 Å². The second-order valence-electron chi connectivity index (χ2n) is 7.81. The number of rotatable bonds is 18. The standard InChI is InChI=1S/C23H38O7/c1-3-4-5-12-15-18(29-23(27)21-20(30-21)22(25)26)16-13-10-8-6-7-9-11-14-17-19(24)28-2/h10,13,18,20-21H,3-9,11-12,14-17H2,1-2H3,(H,25,26). The van der Waals surface area contributed by atoms with E-state index in [4.69, 9.17) is 14.6 Å². The van der Waals surface area contributed by atoms with E-state index in [9.17, 15) is 14.4 Å². The number of allylic oxidation sites excluding steroid dienone is 1. The lowest BCUT2D eigenvalue weighted by Gasteiger charge is -2.16. The van der Waals surface area contributed by atoms with Crippen molar-refractivity contribution >= 4 is 17.9 Å². The fraction of sp³-hybridized carbons (Fsp3) is 0.783. The Labute approximate surface area is 180 Å². The van der Waals surface area contributed by atoms with E-state index in [-0.39, 0.29) is 12.1 Å². The molecule has 30 heavy (non-hydrogen) atoms. The van der Waals surface area contributed by atoms with Crippen LogP contribution in [0.2, 0.25) is 0 Å². The van der Waals surface area contributed by atoms with Crippen molar-refractivity contribution in [2.45, 2.75) is 109 Å². The number of esters is 2. The molecule has 0 aromatic heterocycles. The summed E-state index contributed by atoms with van der Waals surface area (Å²) in [5.74, 6) is -1.83. The van der Waals surface area contributed by atoms with Gasteiger partial charge in [-0.2, -0.15) is 0 Å². The minimum absolute atomic E-state index is 0.144. The van der Waals surface area contributed by atoms with Crippen LogP contribution in [-0.2, 0) is 28.6 Å².